The van der Waals surface area contributed by atoms with Crippen LogP contribution in [-0.2, 0) is 4.79 Å². The third-order valence-corrected chi connectivity index (χ3v) is 2.85. The fraction of sp³-hybridized carbons (Fsp3) is 0.500. The van der Waals surface area contributed by atoms with Crippen molar-refractivity contribution in [1.29, 1.82) is 0 Å². The summed E-state index contributed by atoms with van der Waals surface area (Å²) in [5, 5.41) is 0. The maximum Gasteiger partial charge on any atom is 0.141 e. The summed E-state index contributed by atoms with van der Waals surface area (Å²) in [5.74, 6) is 0.443. The summed E-state index contributed by atoms with van der Waals surface area (Å²) in [6, 6.07) is 4.00. The number of carbonyl (C=O) groups is 1. The van der Waals surface area contributed by atoms with E-state index >= 15 is 0 Å². The molecule has 1 aliphatic rings. The van der Waals surface area contributed by atoms with Crippen LogP contribution < -0.4 is 0 Å². The van der Waals surface area contributed by atoms with Gasteiger partial charge in [0.25, 0.3) is 0 Å². The van der Waals surface area contributed by atoms with Gasteiger partial charge in [0.2, 0.25) is 0 Å². The third kappa shape index (κ3) is 2.78. The molecule has 0 spiro atoms. The summed E-state index contributed by atoms with van der Waals surface area (Å²) < 4.78 is 0. The lowest BCUT2D eigenvalue weighted by molar-refractivity contribution is -0.121. The number of Topliss-reactive ketones (excluding diaryl/α,β-unsaturated/α-hetero) is 1. The Morgan fingerprint density at radius 2 is 2.20 bits per heavy atom. The molecule has 0 aromatic carbocycles. The van der Waals surface area contributed by atoms with E-state index in [1.165, 1.54) is 5.56 Å². The van der Waals surface area contributed by atoms with Gasteiger partial charge in [0.05, 0.1) is 11.6 Å². The zero-order valence-electron chi connectivity index (χ0n) is 8.90. The molecule has 0 saturated heterocycles. The minimum atomic E-state index is 0. The molecule has 1 aromatic rings. The maximum atomic E-state index is 11.7. The van der Waals surface area contributed by atoms with Gasteiger partial charge < -0.3 is 0 Å². The minimum Gasteiger partial charge on any atom is -0.299 e. The monoisotopic (exact) mass is 225 g/mol. The minimum absolute atomic E-state index is 0. The van der Waals surface area contributed by atoms with Gasteiger partial charge >= 0.3 is 0 Å². The summed E-state index contributed by atoms with van der Waals surface area (Å²) in [5.41, 5.74) is 2.16. The van der Waals surface area contributed by atoms with Crippen LogP contribution in [-0.4, -0.2) is 10.8 Å². The van der Waals surface area contributed by atoms with Gasteiger partial charge in [-0.1, -0.05) is 6.42 Å². The highest BCUT2D eigenvalue weighted by Gasteiger charge is 2.24. The van der Waals surface area contributed by atoms with E-state index in [-0.39, 0.29) is 18.3 Å². The number of hydrogen-bond donors (Lipinski definition) is 0. The standard InChI is InChI=1S/C12H15NO.ClH/c1-9-6-7-13-11(8-9)10-4-2-3-5-12(10)14;/h6-8,10H,2-5H2,1H3;1H. The van der Waals surface area contributed by atoms with E-state index in [0.29, 0.717) is 5.78 Å². The van der Waals surface area contributed by atoms with E-state index < -0.39 is 0 Å². The first kappa shape index (κ1) is 12.2. The molecule has 2 rings (SSSR count). The molecule has 1 fully saturated rings. The van der Waals surface area contributed by atoms with Crippen LogP contribution in [0.2, 0.25) is 0 Å². The highest BCUT2D eigenvalue weighted by molar-refractivity contribution is 5.86. The Hall–Kier alpha value is -0.890. The van der Waals surface area contributed by atoms with Crippen LogP contribution in [0.15, 0.2) is 18.3 Å². The van der Waals surface area contributed by atoms with Crippen LogP contribution in [0.5, 0.6) is 0 Å². The van der Waals surface area contributed by atoms with Crippen molar-refractivity contribution in [2.24, 2.45) is 0 Å². The van der Waals surface area contributed by atoms with Gasteiger partial charge in [0.1, 0.15) is 5.78 Å². The highest BCUT2D eigenvalue weighted by atomic mass is 35.5. The number of rotatable bonds is 1. The second-order valence-electron chi connectivity index (χ2n) is 4.02. The molecular formula is C12H16ClNO. The number of aromatic nitrogens is 1. The third-order valence-electron chi connectivity index (χ3n) is 2.85. The Morgan fingerprint density at radius 3 is 2.87 bits per heavy atom. The normalized spacial score (nSPS) is 20.9. The van der Waals surface area contributed by atoms with E-state index in [9.17, 15) is 4.79 Å². The summed E-state index contributed by atoms with van der Waals surface area (Å²) in [4.78, 5) is 16.0. The number of hydrogen-bond acceptors (Lipinski definition) is 2. The number of ketones is 1. The lowest BCUT2D eigenvalue weighted by Crippen LogP contribution is -2.18. The average molecular weight is 226 g/mol. The first-order valence-corrected chi connectivity index (χ1v) is 5.22. The van der Waals surface area contributed by atoms with Gasteiger partial charge in [-0.05, 0) is 37.5 Å². The van der Waals surface area contributed by atoms with Crippen LogP contribution in [0.4, 0.5) is 0 Å². The second-order valence-corrected chi connectivity index (χ2v) is 4.02. The molecular weight excluding hydrogens is 210 g/mol. The molecule has 0 radical (unpaired) electrons. The zero-order valence-corrected chi connectivity index (χ0v) is 9.72. The number of carbonyl (C=O) groups excluding carboxylic acids is 1. The molecule has 1 saturated carbocycles. The summed E-state index contributed by atoms with van der Waals surface area (Å²) >= 11 is 0. The van der Waals surface area contributed by atoms with Crippen molar-refractivity contribution in [3.63, 3.8) is 0 Å². The molecule has 3 heteroatoms. The molecule has 1 aromatic heterocycles. The maximum absolute atomic E-state index is 11.7. The Bertz CT molecular complexity index is 351. The summed E-state index contributed by atoms with van der Waals surface area (Å²) in [6.45, 7) is 2.04. The molecule has 1 atom stereocenters. The van der Waals surface area contributed by atoms with Crippen LogP contribution >= 0.6 is 12.4 Å². The highest BCUT2D eigenvalue weighted by Crippen LogP contribution is 2.28. The van der Waals surface area contributed by atoms with Crippen LogP contribution in [0.3, 0.4) is 0 Å². The zero-order chi connectivity index (χ0) is 9.97. The van der Waals surface area contributed by atoms with Crippen LogP contribution in [0.1, 0.15) is 42.9 Å². The second kappa shape index (κ2) is 5.26. The van der Waals surface area contributed by atoms with Gasteiger partial charge in [-0.15, -0.1) is 12.4 Å². The van der Waals surface area contributed by atoms with Crippen LogP contribution in [0.25, 0.3) is 0 Å². The predicted octanol–water partition coefficient (Wildman–Crippen LogP) is 3.04. The van der Waals surface area contributed by atoms with Gasteiger partial charge in [0, 0.05) is 12.6 Å². The van der Waals surface area contributed by atoms with E-state index in [2.05, 4.69) is 4.98 Å². The quantitative estimate of drug-likeness (QED) is 0.736. The van der Waals surface area contributed by atoms with Gasteiger partial charge in [-0.25, -0.2) is 0 Å². The molecule has 0 N–H and O–H groups in total. The smallest absolute Gasteiger partial charge is 0.141 e. The Kier molecular flexibility index (Phi) is 4.28. The van der Waals surface area contributed by atoms with Crippen molar-refractivity contribution in [2.75, 3.05) is 0 Å². The van der Waals surface area contributed by atoms with Crippen molar-refractivity contribution in [2.45, 2.75) is 38.5 Å². The van der Waals surface area contributed by atoms with Crippen molar-refractivity contribution >= 4 is 18.2 Å². The van der Waals surface area contributed by atoms with Crippen molar-refractivity contribution < 1.29 is 4.79 Å². The fourth-order valence-corrected chi connectivity index (χ4v) is 2.05. The summed E-state index contributed by atoms with van der Waals surface area (Å²) in [7, 11) is 0. The lowest BCUT2D eigenvalue weighted by atomic mass is 9.85. The Balaban J connectivity index is 0.00000112. The van der Waals surface area contributed by atoms with Gasteiger partial charge in [0.15, 0.2) is 0 Å². The first-order chi connectivity index (χ1) is 6.77. The Morgan fingerprint density at radius 1 is 1.40 bits per heavy atom. The van der Waals surface area contributed by atoms with E-state index in [4.69, 9.17) is 0 Å². The van der Waals surface area contributed by atoms with Crippen LogP contribution in [0, 0.1) is 6.92 Å². The SMILES string of the molecule is Cc1ccnc(C2CCCCC2=O)c1.Cl. The number of aryl methyl sites for hydroxylation is 1. The predicted molar refractivity (Wildman–Crippen MR) is 62.4 cm³/mol. The van der Waals surface area contributed by atoms with Gasteiger partial charge in [-0.2, -0.15) is 0 Å². The largest absolute Gasteiger partial charge is 0.299 e. The lowest BCUT2D eigenvalue weighted by Gasteiger charge is -2.19. The van der Waals surface area contributed by atoms with E-state index in [1.807, 2.05) is 19.1 Å². The van der Waals surface area contributed by atoms with Crippen molar-refractivity contribution in [3.05, 3.63) is 29.6 Å². The Labute approximate surface area is 96.5 Å². The average Bonchev–Trinajstić information content (AvgIpc) is 2.18. The molecule has 0 bridgehead atoms. The molecule has 1 heterocycles. The van der Waals surface area contributed by atoms with E-state index in [0.717, 1.165) is 31.4 Å². The van der Waals surface area contributed by atoms with Crippen molar-refractivity contribution in [3.8, 4) is 0 Å². The molecule has 82 valence electrons. The molecule has 0 amide bonds. The number of halogens is 1. The fourth-order valence-electron chi connectivity index (χ4n) is 2.05. The summed E-state index contributed by atoms with van der Waals surface area (Å²) in [6.07, 6.45) is 5.73. The number of nitrogens with zero attached hydrogens (tertiary/aromatic N) is 1. The van der Waals surface area contributed by atoms with E-state index in [1.54, 1.807) is 6.20 Å². The molecule has 15 heavy (non-hydrogen) atoms. The molecule has 2 nitrogen and oxygen atoms in total. The first-order valence-electron chi connectivity index (χ1n) is 5.22. The molecule has 1 unspecified atom stereocenters. The number of pyridine rings is 1. The molecule has 0 aliphatic heterocycles. The molecule has 1 aliphatic carbocycles. The topological polar surface area (TPSA) is 30.0 Å². The van der Waals surface area contributed by atoms with Gasteiger partial charge in [-0.3, -0.25) is 9.78 Å². The van der Waals surface area contributed by atoms with Crippen molar-refractivity contribution in [1.82, 2.24) is 4.98 Å².